The summed E-state index contributed by atoms with van der Waals surface area (Å²) in [5.74, 6) is 0.483. The summed E-state index contributed by atoms with van der Waals surface area (Å²) in [5, 5.41) is 0. The molecule has 0 unspecified atom stereocenters. The molecule has 0 bridgehead atoms. The largest absolute Gasteiger partial charge is 0.468 e. The minimum Gasteiger partial charge on any atom is -0.468 e. The van der Waals surface area contributed by atoms with Gasteiger partial charge >= 0.3 is 0 Å². The van der Waals surface area contributed by atoms with Crippen LogP contribution in [0.2, 0.25) is 0 Å². The van der Waals surface area contributed by atoms with Crippen LogP contribution in [0.4, 0.5) is 4.39 Å². The molecule has 0 spiro atoms. The second-order valence-electron chi connectivity index (χ2n) is 4.95. The van der Waals surface area contributed by atoms with Crippen LogP contribution < -0.4 is 0 Å². The first-order valence-electron chi connectivity index (χ1n) is 6.56. The summed E-state index contributed by atoms with van der Waals surface area (Å²) in [6, 6.07) is 8.35. The molecule has 0 aliphatic carbocycles. The van der Waals surface area contributed by atoms with Gasteiger partial charge in [0.1, 0.15) is 11.6 Å². The molecule has 0 atom stereocenters. The molecule has 0 aliphatic heterocycles. The number of carbonyl (C=O) groups excluding carboxylic acids is 1. The average Bonchev–Trinajstić information content (AvgIpc) is 2.92. The Morgan fingerprint density at radius 3 is 2.80 bits per heavy atom. The van der Waals surface area contributed by atoms with E-state index >= 15 is 0 Å². The number of halogens is 1. The number of rotatable bonds is 6. The second-order valence-corrected chi connectivity index (χ2v) is 4.95. The first-order valence-corrected chi connectivity index (χ1v) is 6.56. The van der Waals surface area contributed by atoms with Crippen molar-refractivity contribution in [2.45, 2.75) is 19.9 Å². The number of nitrogens with zero attached hydrogens (tertiary/aromatic N) is 1. The van der Waals surface area contributed by atoms with Crippen molar-refractivity contribution >= 4 is 5.78 Å². The van der Waals surface area contributed by atoms with Crippen molar-refractivity contribution in [2.75, 3.05) is 13.6 Å². The standard InChI is InChI=1S/C16H18FNO2/c1-12-5-6-13(10-15(12)17)16(19)7-8-18(2)11-14-4-3-9-20-14/h3-6,9-10H,7-8,11H2,1-2H3. The Morgan fingerprint density at radius 1 is 1.35 bits per heavy atom. The molecule has 0 saturated heterocycles. The van der Waals surface area contributed by atoms with Gasteiger partial charge in [0.05, 0.1) is 12.8 Å². The molecular weight excluding hydrogens is 257 g/mol. The van der Waals surface area contributed by atoms with Crippen LogP contribution in [-0.2, 0) is 6.54 Å². The van der Waals surface area contributed by atoms with Gasteiger partial charge in [0, 0.05) is 18.5 Å². The summed E-state index contributed by atoms with van der Waals surface area (Å²) in [7, 11) is 1.92. The third kappa shape index (κ3) is 3.78. The summed E-state index contributed by atoms with van der Waals surface area (Å²) < 4.78 is 18.7. The van der Waals surface area contributed by atoms with E-state index in [-0.39, 0.29) is 11.6 Å². The highest BCUT2D eigenvalue weighted by Gasteiger charge is 2.10. The van der Waals surface area contributed by atoms with Crippen LogP contribution in [0.5, 0.6) is 0 Å². The summed E-state index contributed by atoms with van der Waals surface area (Å²) in [6.07, 6.45) is 1.99. The van der Waals surface area contributed by atoms with Crippen LogP contribution in [0.15, 0.2) is 41.0 Å². The van der Waals surface area contributed by atoms with Gasteiger partial charge in [0.25, 0.3) is 0 Å². The Morgan fingerprint density at radius 2 is 2.15 bits per heavy atom. The molecule has 4 heteroatoms. The number of hydrogen-bond acceptors (Lipinski definition) is 3. The van der Waals surface area contributed by atoms with Crippen molar-refractivity contribution in [3.8, 4) is 0 Å². The molecule has 0 aliphatic rings. The Hall–Kier alpha value is -1.94. The van der Waals surface area contributed by atoms with Gasteiger partial charge in [-0.15, -0.1) is 0 Å². The number of benzene rings is 1. The lowest BCUT2D eigenvalue weighted by atomic mass is 10.1. The SMILES string of the molecule is Cc1ccc(C(=O)CCN(C)Cc2ccco2)cc1F. The highest BCUT2D eigenvalue weighted by atomic mass is 19.1. The van der Waals surface area contributed by atoms with Gasteiger partial charge in [-0.25, -0.2) is 4.39 Å². The number of ketones is 1. The van der Waals surface area contributed by atoms with E-state index in [2.05, 4.69) is 0 Å². The van der Waals surface area contributed by atoms with Gasteiger partial charge < -0.3 is 4.42 Å². The number of hydrogen-bond donors (Lipinski definition) is 0. The third-order valence-electron chi connectivity index (χ3n) is 3.22. The lowest BCUT2D eigenvalue weighted by molar-refractivity contribution is 0.0966. The molecule has 2 aromatic rings. The molecule has 1 aromatic heterocycles. The van der Waals surface area contributed by atoms with Crippen LogP contribution in [-0.4, -0.2) is 24.3 Å². The lowest BCUT2D eigenvalue weighted by Crippen LogP contribution is -2.21. The van der Waals surface area contributed by atoms with Gasteiger partial charge in [-0.1, -0.05) is 12.1 Å². The molecule has 1 heterocycles. The predicted octanol–water partition coefficient (Wildman–Crippen LogP) is 3.43. The molecule has 0 radical (unpaired) electrons. The lowest BCUT2D eigenvalue weighted by Gasteiger charge is -2.14. The Balaban J connectivity index is 1.86. The number of furan rings is 1. The maximum Gasteiger partial charge on any atom is 0.164 e. The van der Waals surface area contributed by atoms with Crippen LogP contribution in [0, 0.1) is 12.7 Å². The van der Waals surface area contributed by atoms with E-state index in [4.69, 9.17) is 4.42 Å². The zero-order valence-electron chi connectivity index (χ0n) is 11.7. The van der Waals surface area contributed by atoms with Crippen LogP contribution in [0.25, 0.3) is 0 Å². The van der Waals surface area contributed by atoms with Crippen molar-refractivity contribution in [1.29, 1.82) is 0 Å². The normalized spacial score (nSPS) is 11.0. The van der Waals surface area contributed by atoms with E-state index in [9.17, 15) is 9.18 Å². The summed E-state index contributed by atoms with van der Waals surface area (Å²) in [6.45, 7) is 2.94. The van der Waals surface area contributed by atoms with Crippen molar-refractivity contribution in [3.05, 3.63) is 59.3 Å². The van der Waals surface area contributed by atoms with E-state index in [1.165, 1.54) is 6.07 Å². The molecule has 0 fully saturated rings. The molecule has 0 saturated carbocycles. The third-order valence-corrected chi connectivity index (χ3v) is 3.22. The molecular formula is C16H18FNO2. The maximum atomic E-state index is 13.4. The van der Waals surface area contributed by atoms with Crippen LogP contribution >= 0.6 is 0 Å². The van der Waals surface area contributed by atoms with Gasteiger partial charge in [-0.05, 0) is 37.7 Å². The van der Waals surface area contributed by atoms with Crippen molar-refractivity contribution in [3.63, 3.8) is 0 Å². The second kappa shape index (κ2) is 6.48. The maximum absolute atomic E-state index is 13.4. The number of Topliss-reactive ketones (excluding diaryl/α,β-unsaturated/α-hetero) is 1. The molecule has 106 valence electrons. The van der Waals surface area contributed by atoms with Crippen molar-refractivity contribution in [2.24, 2.45) is 0 Å². The summed E-state index contributed by atoms with van der Waals surface area (Å²) in [4.78, 5) is 14.0. The van der Waals surface area contributed by atoms with E-state index in [0.29, 0.717) is 30.6 Å². The molecule has 0 amide bonds. The van der Waals surface area contributed by atoms with Crippen molar-refractivity contribution < 1.29 is 13.6 Å². The van der Waals surface area contributed by atoms with Crippen molar-refractivity contribution in [1.82, 2.24) is 4.90 Å². The number of carbonyl (C=O) groups is 1. The zero-order chi connectivity index (χ0) is 14.5. The average molecular weight is 275 g/mol. The molecule has 0 N–H and O–H groups in total. The fourth-order valence-corrected chi connectivity index (χ4v) is 1.95. The fraction of sp³-hybridized carbons (Fsp3) is 0.312. The van der Waals surface area contributed by atoms with E-state index in [1.54, 1.807) is 25.3 Å². The highest BCUT2D eigenvalue weighted by Crippen LogP contribution is 2.12. The molecule has 3 nitrogen and oxygen atoms in total. The van der Waals surface area contributed by atoms with Gasteiger partial charge in [0.15, 0.2) is 5.78 Å². The minimum atomic E-state index is -0.334. The molecule has 1 aromatic carbocycles. The minimum absolute atomic E-state index is 0.0461. The fourth-order valence-electron chi connectivity index (χ4n) is 1.95. The topological polar surface area (TPSA) is 33.5 Å². The van der Waals surface area contributed by atoms with Crippen LogP contribution in [0.3, 0.4) is 0 Å². The van der Waals surface area contributed by atoms with Crippen LogP contribution in [0.1, 0.15) is 28.1 Å². The van der Waals surface area contributed by atoms with E-state index < -0.39 is 0 Å². The summed E-state index contributed by atoms with van der Waals surface area (Å²) >= 11 is 0. The monoisotopic (exact) mass is 275 g/mol. The van der Waals surface area contributed by atoms with Gasteiger partial charge in [0.2, 0.25) is 0 Å². The Kier molecular flexibility index (Phi) is 4.69. The van der Waals surface area contributed by atoms with Gasteiger partial charge in [-0.2, -0.15) is 0 Å². The molecule has 2 rings (SSSR count). The smallest absolute Gasteiger partial charge is 0.164 e. The van der Waals surface area contributed by atoms with Gasteiger partial charge in [-0.3, -0.25) is 9.69 Å². The molecule has 20 heavy (non-hydrogen) atoms. The Labute approximate surface area is 118 Å². The predicted molar refractivity (Wildman–Crippen MR) is 75.1 cm³/mol. The first-order chi connectivity index (χ1) is 9.56. The highest BCUT2D eigenvalue weighted by molar-refractivity contribution is 5.96. The quantitative estimate of drug-likeness (QED) is 0.757. The van der Waals surface area contributed by atoms with E-state index in [0.717, 1.165) is 5.76 Å². The zero-order valence-corrected chi connectivity index (χ0v) is 11.7. The number of aryl methyl sites for hydroxylation is 1. The first kappa shape index (κ1) is 14.5. The summed E-state index contributed by atoms with van der Waals surface area (Å²) in [5.41, 5.74) is 0.982. The Bertz CT molecular complexity index is 578. The van der Waals surface area contributed by atoms with E-state index in [1.807, 2.05) is 24.1 Å².